The fourth-order valence-electron chi connectivity index (χ4n) is 1.17. The summed E-state index contributed by atoms with van der Waals surface area (Å²) in [6, 6.07) is 7.32. The van der Waals surface area contributed by atoms with Gasteiger partial charge in [0.25, 0.3) is 0 Å². The maximum absolute atomic E-state index is 5.26. The lowest BCUT2D eigenvalue weighted by Gasteiger charge is -2.00. The van der Waals surface area contributed by atoms with Gasteiger partial charge >= 0.3 is 0 Å². The zero-order valence-electron chi connectivity index (χ0n) is 7.91. The van der Waals surface area contributed by atoms with Crippen molar-refractivity contribution in [1.82, 2.24) is 15.0 Å². The van der Waals surface area contributed by atoms with Gasteiger partial charge in [-0.05, 0) is 24.3 Å². The van der Waals surface area contributed by atoms with Crippen molar-refractivity contribution in [3.8, 4) is 5.69 Å². The number of hydrogen-bond donors (Lipinski definition) is 2. The summed E-state index contributed by atoms with van der Waals surface area (Å²) in [7, 11) is 0. The van der Waals surface area contributed by atoms with Crippen molar-refractivity contribution in [3.05, 3.63) is 36.7 Å². The van der Waals surface area contributed by atoms with E-state index in [-0.39, 0.29) is 5.96 Å². The molecule has 0 saturated heterocycles. The van der Waals surface area contributed by atoms with E-state index in [1.54, 1.807) is 29.2 Å². The van der Waals surface area contributed by atoms with E-state index < -0.39 is 0 Å². The molecule has 1 aromatic carbocycles. The van der Waals surface area contributed by atoms with Crippen molar-refractivity contribution in [1.29, 1.82) is 0 Å². The molecule has 0 aliphatic rings. The lowest BCUT2D eigenvalue weighted by Crippen LogP contribution is -2.21. The Morgan fingerprint density at radius 3 is 2.47 bits per heavy atom. The molecule has 6 nitrogen and oxygen atoms in total. The molecular formula is C9H10N6. The molecule has 0 bridgehead atoms. The molecule has 1 heterocycles. The average Bonchev–Trinajstić information content (AvgIpc) is 2.71. The predicted molar refractivity (Wildman–Crippen MR) is 56.8 cm³/mol. The normalized spacial score (nSPS) is 9.87. The van der Waals surface area contributed by atoms with Gasteiger partial charge in [0.15, 0.2) is 5.96 Å². The molecule has 76 valence electrons. The Hall–Kier alpha value is -2.37. The summed E-state index contributed by atoms with van der Waals surface area (Å²) < 4.78 is 1.65. The largest absolute Gasteiger partial charge is 0.370 e. The minimum Gasteiger partial charge on any atom is -0.370 e. The first kappa shape index (κ1) is 9.20. The van der Waals surface area contributed by atoms with Crippen LogP contribution in [-0.4, -0.2) is 21.0 Å². The Morgan fingerprint density at radius 2 is 1.93 bits per heavy atom. The van der Waals surface area contributed by atoms with Crippen LogP contribution in [0.5, 0.6) is 0 Å². The van der Waals surface area contributed by atoms with Gasteiger partial charge in [0.1, 0.15) is 0 Å². The van der Waals surface area contributed by atoms with Gasteiger partial charge in [0.2, 0.25) is 0 Å². The van der Waals surface area contributed by atoms with Gasteiger partial charge in [-0.15, -0.1) is 5.10 Å². The molecule has 0 spiro atoms. The molecule has 0 saturated carbocycles. The molecule has 2 rings (SSSR count). The van der Waals surface area contributed by atoms with E-state index in [4.69, 9.17) is 11.5 Å². The molecule has 0 unspecified atom stereocenters. The molecule has 15 heavy (non-hydrogen) atoms. The Morgan fingerprint density at radius 1 is 1.20 bits per heavy atom. The molecule has 0 atom stereocenters. The monoisotopic (exact) mass is 202 g/mol. The van der Waals surface area contributed by atoms with Crippen LogP contribution in [0, 0.1) is 0 Å². The fraction of sp³-hybridized carbons (Fsp3) is 0. The van der Waals surface area contributed by atoms with Crippen molar-refractivity contribution in [2.75, 3.05) is 0 Å². The van der Waals surface area contributed by atoms with Crippen LogP contribution in [0.2, 0.25) is 0 Å². The van der Waals surface area contributed by atoms with Crippen molar-refractivity contribution >= 4 is 11.6 Å². The number of benzene rings is 1. The zero-order valence-corrected chi connectivity index (χ0v) is 7.91. The van der Waals surface area contributed by atoms with Crippen LogP contribution in [0.1, 0.15) is 0 Å². The second-order valence-corrected chi connectivity index (χ2v) is 2.90. The Labute approximate surface area is 86.2 Å². The quantitative estimate of drug-likeness (QED) is 0.536. The van der Waals surface area contributed by atoms with E-state index in [1.165, 1.54) is 0 Å². The van der Waals surface area contributed by atoms with Gasteiger partial charge in [-0.1, -0.05) is 5.21 Å². The van der Waals surface area contributed by atoms with Crippen LogP contribution in [0.4, 0.5) is 5.69 Å². The highest BCUT2D eigenvalue weighted by atomic mass is 15.4. The molecule has 4 N–H and O–H groups in total. The van der Waals surface area contributed by atoms with Crippen LogP contribution in [0.3, 0.4) is 0 Å². The fourth-order valence-corrected chi connectivity index (χ4v) is 1.17. The van der Waals surface area contributed by atoms with Crippen LogP contribution in [-0.2, 0) is 0 Å². The molecular weight excluding hydrogens is 192 g/mol. The third-order valence-electron chi connectivity index (χ3n) is 1.79. The summed E-state index contributed by atoms with van der Waals surface area (Å²) in [5.74, 6) is 0.0449. The van der Waals surface area contributed by atoms with Crippen LogP contribution < -0.4 is 11.5 Å². The molecule has 2 aromatic rings. The second-order valence-electron chi connectivity index (χ2n) is 2.90. The lowest BCUT2D eigenvalue weighted by molar-refractivity contribution is 0.803. The van der Waals surface area contributed by atoms with Crippen molar-refractivity contribution < 1.29 is 0 Å². The van der Waals surface area contributed by atoms with Crippen molar-refractivity contribution in [2.45, 2.75) is 0 Å². The number of nitrogens with zero attached hydrogens (tertiary/aromatic N) is 4. The summed E-state index contributed by atoms with van der Waals surface area (Å²) in [4.78, 5) is 3.91. The highest BCUT2D eigenvalue weighted by molar-refractivity contribution is 5.79. The van der Waals surface area contributed by atoms with Gasteiger partial charge in [0.05, 0.1) is 23.8 Å². The molecule has 6 heteroatoms. The SMILES string of the molecule is NC(N)=Nc1ccc(-n2ccnn2)cc1. The van der Waals surface area contributed by atoms with Gasteiger partial charge < -0.3 is 11.5 Å². The first-order chi connectivity index (χ1) is 7.25. The van der Waals surface area contributed by atoms with Crippen LogP contribution in [0.25, 0.3) is 5.69 Å². The predicted octanol–water partition coefficient (Wildman–Crippen LogP) is 0.172. The Bertz CT molecular complexity index is 452. The number of aliphatic imine (C=N–C) groups is 1. The van der Waals surface area contributed by atoms with Crippen LogP contribution >= 0.6 is 0 Å². The van der Waals surface area contributed by atoms with Crippen molar-refractivity contribution in [2.24, 2.45) is 16.5 Å². The first-order valence-electron chi connectivity index (χ1n) is 4.32. The van der Waals surface area contributed by atoms with Gasteiger partial charge in [-0.3, -0.25) is 0 Å². The number of hydrogen-bond acceptors (Lipinski definition) is 3. The molecule has 0 radical (unpaired) electrons. The minimum atomic E-state index is 0.0449. The molecule has 0 amide bonds. The van der Waals surface area contributed by atoms with E-state index in [0.29, 0.717) is 5.69 Å². The zero-order chi connectivity index (χ0) is 10.7. The van der Waals surface area contributed by atoms with Crippen molar-refractivity contribution in [3.63, 3.8) is 0 Å². The summed E-state index contributed by atoms with van der Waals surface area (Å²) in [5, 5.41) is 7.57. The summed E-state index contributed by atoms with van der Waals surface area (Å²) in [6.07, 6.45) is 3.37. The van der Waals surface area contributed by atoms with Crippen LogP contribution in [0.15, 0.2) is 41.7 Å². The molecule has 0 aliphatic carbocycles. The number of nitrogens with two attached hydrogens (primary N) is 2. The summed E-state index contributed by atoms with van der Waals surface area (Å²) in [6.45, 7) is 0. The number of guanidine groups is 1. The summed E-state index contributed by atoms with van der Waals surface area (Å²) in [5.41, 5.74) is 12.1. The Balaban J connectivity index is 2.29. The second kappa shape index (κ2) is 3.79. The van der Waals surface area contributed by atoms with E-state index >= 15 is 0 Å². The smallest absolute Gasteiger partial charge is 0.191 e. The molecule has 0 aliphatic heterocycles. The minimum absolute atomic E-state index is 0.0449. The van der Waals surface area contributed by atoms with E-state index in [2.05, 4.69) is 15.3 Å². The Kier molecular flexibility index (Phi) is 2.32. The molecule has 0 fully saturated rings. The number of rotatable bonds is 2. The van der Waals surface area contributed by atoms with E-state index in [1.807, 2.05) is 12.1 Å². The highest BCUT2D eigenvalue weighted by Crippen LogP contribution is 2.14. The third-order valence-corrected chi connectivity index (χ3v) is 1.79. The first-order valence-corrected chi connectivity index (χ1v) is 4.32. The van der Waals surface area contributed by atoms with E-state index in [0.717, 1.165) is 5.69 Å². The van der Waals surface area contributed by atoms with Gasteiger partial charge in [-0.25, -0.2) is 9.67 Å². The van der Waals surface area contributed by atoms with Gasteiger partial charge in [-0.2, -0.15) is 0 Å². The van der Waals surface area contributed by atoms with Gasteiger partial charge in [0, 0.05) is 0 Å². The third kappa shape index (κ3) is 2.11. The average molecular weight is 202 g/mol. The summed E-state index contributed by atoms with van der Waals surface area (Å²) >= 11 is 0. The maximum atomic E-state index is 5.26. The standard InChI is InChI=1S/C9H10N6/c10-9(11)13-7-1-3-8(4-2-7)15-6-5-12-14-15/h1-6H,(H4,10,11,13). The van der Waals surface area contributed by atoms with E-state index in [9.17, 15) is 0 Å². The highest BCUT2D eigenvalue weighted by Gasteiger charge is 1.96. The lowest BCUT2D eigenvalue weighted by atomic mass is 10.3. The molecule has 1 aromatic heterocycles. The topological polar surface area (TPSA) is 95.1 Å². The number of aromatic nitrogens is 3. The maximum Gasteiger partial charge on any atom is 0.191 e.